The fourth-order valence-corrected chi connectivity index (χ4v) is 8.52. The van der Waals surface area contributed by atoms with Crippen LogP contribution in [0.3, 0.4) is 0 Å². The smallest absolute Gasteiger partial charge is 0.296 e. The van der Waals surface area contributed by atoms with E-state index < -0.39 is 62.9 Å². The van der Waals surface area contributed by atoms with Crippen molar-refractivity contribution < 1.29 is 44.3 Å². The van der Waals surface area contributed by atoms with E-state index in [1.165, 1.54) is 120 Å². The second-order valence-electron chi connectivity index (χ2n) is 14.8. The number of sulfonamides is 1. The molecule has 0 radical (unpaired) electrons. The summed E-state index contributed by atoms with van der Waals surface area (Å²) < 4.78 is 92.8. The third kappa shape index (κ3) is 14.9. The maximum Gasteiger partial charge on any atom is 0.296 e. The van der Waals surface area contributed by atoms with Gasteiger partial charge in [-0.2, -0.15) is 27.1 Å². The molecule has 0 fully saturated rings. The molecular weight excluding hydrogens is 847 g/mol. The molecule has 4 rings (SSSR count). The Bertz CT molecular complexity index is 2510. The highest BCUT2D eigenvalue weighted by Crippen LogP contribution is 2.48. The number of nitrogens with one attached hydrogen (secondary N) is 1. The lowest BCUT2D eigenvalue weighted by atomic mass is 10.0. The number of rotatable bonds is 25. The van der Waals surface area contributed by atoms with E-state index in [4.69, 9.17) is 10.9 Å². The van der Waals surface area contributed by atoms with Gasteiger partial charge in [-0.05, 0) is 72.5 Å². The highest BCUT2D eigenvalue weighted by molar-refractivity contribution is 7.89. The number of primary sulfonamides is 1. The average molecular weight is 902 g/mol. The number of anilines is 1. The molecule has 17 nitrogen and oxygen atoms in total. The van der Waals surface area contributed by atoms with Crippen molar-refractivity contribution in [1.29, 1.82) is 0 Å². The predicted octanol–water partition coefficient (Wildman–Crippen LogP) is 10.1. The van der Waals surface area contributed by atoms with Gasteiger partial charge in [-0.1, -0.05) is 103 Å². The largest absolute Gasteiger partial charge is 0.505 e. The summed E-state index contributed by atoms with van der Waals surface area (Å²) in [6, 6.07) is 12.0. The lowest BCUT2D eigenvalue weighted by molar-refractivity contribution is 0.0953. The second kappa shape index (κ2) is 22.8. The van der Waals surface area contributed by atoms with Crippen molar-refractivity contribution in [2.75, 3.05) is 12.3 Å². The molecule has 0 aliphatic heterocycles. The fourth-order valence-electron chi connectivity index (χ4n) is 6.68. The minimum absolute atomic E-state index is 0.0173. The van der Waals surface area contributed by atoms with Gasteiger partial charge >= 0.3 is 0 Å². The van der Waals surface area contributed by atoms with Crippen molar-refractivity contribution in [3.63, 3.8) is 0 Å². The Labute approximate surface area is 357 Å². The van der Waals surface area contributed by atoms with Crippen molar-refractivity contribution in [2.45, 2.75) is 124 Å². The van der Waals surface area contributed by atoms with E-state index in [1.807, 2.05) is 0 Å². The van der Waals surface area contributed by atoms with Gasteiger partial charge in [0, 0.05) is 12.1 Å². The molecule has 0 saturated heterocycles. The molecule has 8 N–H and O–H groups in total. The van der Waals surface area contributed by atoms with Crippen molar-refractivity contribution in [3.8, 4) is 5.75 Å². The van der Waals surface area contributed by atoms with Gasteiger partial charge < -0.3 is 16.2 Å². The Balaban J connectivity index is 1.38. The van der Waals surface area contributed by atoms with Gasteiger partial charge in [0.2, 0.25) is 10.0 Å². The van der Waals surface area contributed by atoms with E-state index in [1.54, 1.807) is 0 Å². The van der Waals surface area contributed by atoms with Crippen LogP contribution in [0.25, 0.3) is 10.8 Å². The van der Waals surface area contributed by atoms with E-state index in [9.17, 15) is 44.3 Å². The minimum Gasteiger partial charge on any atom is -0.505 e. The van der Waals surface area contributed by atoms with Crippen LogP contribution in [0.1, 0.15) is 120 Å². The van der Waals surface area contributed by atoms with Gasteiger partial charge in [-0.15, -0.1) is 10.2 Å². The number of nitrogen functional groups attached to an aromatic ring is 1. The molecule has 4 aromatic rings. The van der Waals surface area contributed by atoms with Crippen LogP contribution in [0.2, 0.25) is 0 Å². The molecule has 0 saturated carbocycles. The number of aromatic hydroxyl groups is 1. The molecule has 4 aromatic carbocycles. The standard InChI is InChI=1S/C41H55N7O10S3/c1-2-3-4-5-6-7-8-9-10-11-12-13-14-15-16-17-26-44-41(50)29-18-20-31(21-19-29)45-47-38-34(60(53,54)55)27-30-28-35(61(56,57)58)39(40(49)36(30)37(38)42)48-46-32-22-24-33(25-23-32)59(43,51)52/h18-25,27-28,49H,2-17,26,42H2,1H3,(H,44,50)(H2,43,51,52)(H,53,54,55)(H,56,57,58). The summed E-state index contributed by atoms with van der Waals surface area (Å²) in [4.78, 5) is 10.6. The van der Waals surface area contributed by atoms with Crippen LogP contribution in [0.15, 0.2) is 95.8 Å². The zero-order valence-corrected chi connectivity index (χ0v) is 36.6. The third-order valence-corrected chi connectivity index (χ3v) is 12.7. The Morgan fingerprint density at radius 2 is 1.02 bits per heavy atom. The summed E-state index contributed by atoms with van der Waals surface area (Å²) in [7, 11) is -14.3. The first kappa shape index (κ1) is 48.8. The van der Waals surface area contributed by atoms with Gasteiger partial charge in [0.15, 0.2) is 5.75 Å². The fraction of sp³-hybridized carbons (Fsp3) is 0.439. The number of benzene rings is 4. The molecule has 0 bridgehead atoms. The first-order valence-corrected chi connectivity index (χ1v) is 24.8. The van der Waals surface area contributed by atoms with E-state index in [-0.39, 0.29) is 32.9 Å². The zero-order chi connectivity index (χ0) is 44.6. The Morgan fingerprint density at radius 1 is 0.607 bits per heavy atom. The minimum atomic E-state index is -5.16. The highest BCUT2D eigenvalue weighted by Gasteiger charge is 2.28. The second-order valence-corrected chi connectivity index (χ2v) is 19.1. The first-order chi connectivity index (χ1) is 28.9. The van der Waals surface area contributed by atoms with Crippen LogP contribution >= 0.6 is 0 Å². The Hall–Kier alpha value is -4.86. The molecule has 0 spiro atoms. The number of fused-ring (bicyclic) bond motifs is 1. The van der Waals surface area contributed by atoms with Crippen molar-refractivity contribution in [1.82, 2.24) is 5.32 Å². The number of carbonyl (C=O) groups is 1. The lowest BCUT2D eigenvalue weighted by Gasteiger charge is -2.14. The molecule has 0 aliphatic carbocycles. The Kier molecular flexibility index (Phi) is 18.3. The molecule has 0 aliphatic rings. The average Bonchev–Trinajstić information content (AvgIpc) is 3.20. The molecule has 0 unspecified atom stereocenters. The quantitative estimate of drug-likeness (QED) is 0.0157. The van der Waals surface area contributed by atoms with Crippen molar-refractivity contribution >= 4 is 75.4 Å². The number of unbranched alkanes of at least 4 members (excludes halogenated alkanes) is 15. The normalized spacial score (nSPS) is 12.5. The number of azo groups is 2. The van der Waals surface area contributed by atoms with Crippen LogP contribution in [0, 0.1) is 0 Å². The summed E-state index contributed by atoms with van der Waals surface area (Å²) in [6.45, 7) is 2.77. The van der Waals surface area contributed by atoms with Crippen LogP contribution in [-0.2, 0) is 30.3 Å². The van der Waals surface area contributed by atoms with Gasteiger partial charge in [0.25, 0.3) is 26.1 Å². The number of phenols is 1. The number of hydrogen-bond donors (Lipinski definition) is 6. The maximum atomic E-state index is 12.7. The number of nitrogens with two attached hydrogens (primary N) is 2. The predicted molar refractivity (Wildman–Crippen MR) is 234 cm³/mol. The van der Waals surface area contributed by atoms with E-state index >= 15 is 0 Å². The van der Waals surface area contributed by atoms with E-state index in [2.05, 4.69) is 32.7 Å². The molecule has 0 heterocycles. The van der Waals surface area contributed by atoms with Crippen LogP contribution in [-0.4, -0.2) is 51.9 Å². The number of carbonyl (C=O) groups excluding carboxylic acids is 1. The summed E-state index contributed by atoms with van der Waals surface area (Å²) in [5, 5.41) is 34.0. The lowest BCUT2D eigenvalue weighted by Crippen LogP contribution is -2.24. The molecule has 61 heavy (non-hydrogen) atoms. The zero-order valence-electron chi connectivity index (χ0n) is 34.2. The number of phenolic OH excluding ortho intramolecular Hbond substituents is 1. The molecule has 0 aromatic heterocycles. The topological polar surface area (TPSA) is 294 Å². The number of amides is 1. The van der Waals surface area contributed by atoms with E-state index in [0.717, 1.165) is 43.5 Å². The molecule has 20 heteroatoms. The van der Waals surface area contributed by atoms with Gasteiger partial charge in [0.05, 0.1) is 27.3 Å². The molecule has 1 amide bonds. The van der Waals surface area contributed by atoms with Gasteiger partial charge in [-0.25, -0.2) is 13.6 Å². The Morgan fingerprint density at radius 3 is 1.46 bits per heavy atom. The highest BCUT2D eigenvalue weighted by atomic mass is 32.2. The molecular formula is C41H55N7O10S3. The van der Waals surface area contributed by atoms with Crippen molar-refractivity contribution in [3.05, 3.63) is 66.2 Å². The van der Waals surface area contributed by atoms with Crippen LogP contribution in [0.4, 0.5) is 28.4 Å². The van der Waals surface area contributed by atoms with Crippen LogP contribution in [0.5, 0.6) is 5.75 Å². The van der Waals surface area contributed by atoms with Gasteiger partial charge in [0.1, 0.15) is 21.2 Å². The SMILES string of the molecule is CCCCCCCCCCCCCCCCCCNC(=O)c1ccc(N=Nc2c(S(=O)(=O)O)cc3cc(S(=O)(=O)O)c(N=Nc4ccc(S(N)(=O)=O)cc4)c(O)c3c2N)cc1. The number of nitrogens with zero attached hydrogens (tertiary/aromatic N) is 4. The number of hydrogen-bond acceptors (Lipinski definition) is 13. The van der Waals surface area contributed by atoms with Crippen molar-refractivity contribution in [2.24, 2.45) is 25.6 Å². The summed E-state index contributed by atoms with van der Waals surface area (Å²) in [6.07, 6.45) is 20.1. The summed E-state index contributed by atoms with van der Waals surface area (Å²) in [5.41, 5.74) is 4.74. The summed E-state index contributed by atoms with van der Waals surface area (Å²) in [5.74, 6) is -1.26. The first-order valence-electron chi connectivity index (χ1n) is 20.3. The molecule has 0 atom stereocenters. The summed E-state index contributed by atoms with van der Waals surface area (Å²) >= 11 is 0. The van der Waals surface area contributed by atoms with Crippen LogP contribution < -0.4 is 16.2 Å². The maximum absolute atomic E-state index is 12.7. The van der Waals surface area contributed by atoms with E-state index in [0.29, 0.717) is 12.1 Å². The third-order valence-electron chi connectivity index (χ3n) is 10.0. The van der Waals surface area contributed by atoms with Gasteiger partial charge in [-0.3, -0.25) is 13.9 Å². The monoisotopic (exact) mass is 901 g/mol. The molecule has 332 valence electrons.